The molecule has 0 aliphatic carbocycles. The Kier molecular flexibility index (Phi) is 4.19. The average molecular weight is 292 g/mol. The molecule has 0 radical (unpaired) electrons. The smallest absolute Gasteiger partial charge is 0.165 e. The Labute approximate surface area is 125 Å². The number of hydrogen-bond donors (Lipinski definition) is 1. The predicted octanol–water partition coefficient (Wildman–Crippen LogP) is 4.05. The van der Waals surface area contributed by atoms with Gasteiger partial charge in [-0.3, -0.25) is 5.10 Å². The van der Waals surface area contributed by atoms with Crippen LogP contribution in [0.4, 0.5) is 0 Å². The highest BCUT2D eigenvalue weighted by Crippen LogP contribution is 2.27. The molecule has 1 aromatic heterocycles. The Balaban J connectivity index is 2.33. The summed E-state index contributed by atoms with van der Waals surface area (Å²) >= 11 is 5.73. The van der Waals surface area contributed by atoms with Crippen molar-refractivity contribution in [2.45, 2.75) is 52.3 Å². The van der Waals surface area contributed by atoms with Gasteiger partial charge < -0.3 is 0 Å². The van der Waals surface area contributed by atoms with E-state index in [4.69, 9.17) is 11.6 Å². The fourth-order valence-electron chi connectivity index (χ4n) is 2.35. The van der Waals surface area contributed by atoms with E-state index < -0.39 is 0 Å². The molecule has 0 saturated carbocycles. The van der Waals surface area contributed by atoms with Gasteiger partial charge in [0.25, 0.3) is 0 Å². The lowest BCUT2D eigenvalue weighted by Gasteiger charge is -2.22. The SMILES string of the molecule is Cc1cc(C(C)(C)C)cc(C)c1Cc1nc(CCl)n[nH]1. The van der Waals surface area contributed by atoms with E-state index in [1.165, 1.54) is 22.3 Å². The number of alkyl halides is 1. The lowest BCUT2D eigenvalue weighted by Crippen LogP contribution is -2.12. The molecule has 0 aliphatic heterocycles. The fraction of sp³-hybridized carbons (Fsp3) is 0.500. The van der Waals surface area contributed by atoms with Crippen molar-refractivity contribution in [2.75, 3.05) is 0 Å². The van der Waals surface area contributed by atoms with Gasteiger partial charge in [0.2, 0.25) is 0 Å². The van der Waals surface area contributed by atoms with Crippen molar-refractivity contribution >= 4 is 11.6 Å². The lowest BCUT2D eigenvalue weighted by molar-refractivity contribution is 0.588. The molecule has 2 aromatic rings. The number of rotatable bonds is 3. The monoisotopic (exact) mass is 291 g/mol. The molecule has 0 aliphatic rings. The van der Waals surface area contributed by atoms with Crippen LogP contribution in [0.2, 0.25) is 0 Å². The normalized spacial score (nSPS) is 11.9. The minimum Gasteiger partial charge on any atom is -0.263 e. The molecule has 2 rings (SSSR count). The second-order valence-electron chi connectivity index (χ2n) is 6.35. The number of nitrogens with zero attached hydrogens (tertiary/aromatic N) is 2. The quantitative estimate of drug-likeness (QED) is 0.867. The van der Waals surface area contributed by atoms with Gasteiger partial charge in [-0.15, -0.1) is 11.6 Å². The second-order valence-corrected chi connectivity index (χ2v) is 6.61. The van der Waals surface area contributed by atoms with Crippen molar-refractivity contribution in [3.63, 3.8) is 0 Å². The van der Waals surface area contributed by atoms with Crippen molar-refractivity contribution in [3.8, 4) is 0 Å². The Bertz CT molecular complexity index is 585. The van der Waals surface area contributed by atoms with Gasteiger partial charge in [-0.2, -0.15) is 5.10 Å². The van der Waals surface area contributed by atoms with Crippen molar-refractivity contribution in [3.05, 3.63) is 46.0 Å². The molecule has 1 heterocycles. The van der Waals surface area contributed by atoms with Gasteiger partial charge in [0, 0.05) is 6.42 Å². The molecule has 108 valence electrons. The van der Waals surface area contributed by atoms with Crippen molar-refractivity contribution in [1.29, 1.82) is 0 Å². The largest absolute Gasteiger partial charge is 0.263 e. The number of H-pyrrole nitrogens is 1. The molecule has 0 unspecified atom stereocenters. The van der Waals surface area contributed by atoms with Crippen LogP contribution < -0.4 is 0 Å². The zero-order valence-corrected chi connectivity index (χ0v) is 13.6. The number of halogens is 1. The summed E-state index contributed by atoms with van der Waals surface area (Å²) < 4.78 is 0. The van der Waals surface area contributed by atoms with E-state index in [1.54, 1.807) is 0 Å². The van der Waals surface area contributed by atoms with Crippen LogP contribution in [-0.2, 0) is 17.7 Å². The molecule has 1 N–H and O–H groups in total. The number of nitrogens with one attached hydrogen (secondary N) is 1. The van der Waals surface area contributed by atoms with Crippen LogP contribution in [0, 0.1) is 13.8 Å². The van der Waals surface area contributed by atoms with Crippen molar-refractivity contribution in [1.82, 2.24) is 15.2 Å². The van der Waals surface area contributed by atoms with Gasteiger partial charge in [-0.05, 0) is 41.5 Å². The fourth-order valence-corrected chi connectivity index (χ4v) is 2.47. The summed E-state index contributed by atoms with van der Waals surface area (Å²) in [4.78, 5) is 4.38. The standard InChI is InChI=1S/C16H22ClN3/c1-10-6-12(16(3,4)5)7-11(2)13(10)8-14-18-15(9-17)20-19-14/h6-7H,8-9H2,1-5H3,(H,18,19,20). The summed E-state index contributed by atoms with van der Waals surface area (Å²) in [6.07, 6.45) is 0.770. The first kappa shape index (κ1) is 15.0. The molecule has 0 bridgehead atoms. The van der Waals surface area contributed by atoms with E-state index in [2.05, 4.69) is 61.9 Å². The number of aromatic amines is 1. The number of hydrogen-bond acceptors (Lipinski definition) is 2. The number of aromatic nitrogens is 3. The minimum atomic E-state index is 0.173. The summed E-state index contributed by atoms with van der Waals surface area (Å²) in [5, 5.41) is 7.04. The Morgan fingerprint density at radius 1 is 1.15 bits per heavy atom. The summed E-state index contributed by atoms with van der Waals surface area (Å²) in [6, 6.07) is 4.56. The highest BCUT2D eigenvalue weighted by molar-refractivity contribution is 6.16. The maximum absolute atomic E-state index is 5.73. The van der Waals surface area contributed by atoms with Crippen LogP contribution in [0.25, 0.3) is 0 Å². The maximum atomic E-state index is 5.73. The van der Waals surface area contributed by atoms with Crippen LogP contribution in [0.5, 0.6) is 0 Å². The Hall–Kier alpha value is -1.35. The Morgan fingerprint density at radius 3 is 2.20 bits per heavy atom. The third-order valence-corrected chi connectivity index (χ3v) is 3.84. The molecular weight excluding hydrogens is 270 g/mol. The van der Waals surface area contributed by atoms with Gasteiger partial charge in [-0.1, -0.05) is 32.9 Å². The van der Waals surface area contributed by atoms with E-state index in [0.717, 1.165) is 12.2 Å². The third kappa shape index (κ3) is 3.21. The van der Waals surface area contributed by atoms with Crippen LogP contribution in [0.3, 0.4) is 0 Å². The molecule has 0 spiro atoms. The molecule has 20 heavy (non-hydrogen) atoms. The van der Waals surface area contributed by atoms with Gasteiger partial charge in [0.15, 0.2) is 5.82 Å². The molecule has 4 heteroatoms. The zero-order valence-electron chi connectivity index (χ0n) is 12.8. The van der Waals surface area contributed by atoms with Crippen molar-refractivity contribution in [2.24, 2.45) is 0 Å². The van der Waals surface area contributed by atoms with Gasteiger partial charge in [0.1, 0.15) is 5.82 Å². The predicted molar refractivity (Wildman–Crippen MR) is 83.4 cm³/mol. The second kappa shape index (κ2) is 5.57. The van der Waals surface area contributed by atoms with Gasteiger partial charge >= 0.3 is 0 Å². The topological polar surface area (TPSA) is 41.6 Å². The van der Waals surface area contributed by atoms with Gasteiger partial charge in [0.05, 0.1) is 5.88 Å². The van der Waals surface area contributed by atoms with Crippen LogP contribution in [0.1, 0.15) is 54.7 Å². The summed E-state index contributed by atoms with van der Waals surface area (Å²) in [6.45, 7) is 11.0. The number of aryl methyl sites for hydroxylation is 2. The summed E-state index contributed by atoms with van der Waals surface area (Å²) in [5.74, 6) is 1.87. The third-order valence-electron chi connectivity index (χ3n) is 3.60. The first-order valence-electron chi connectivity index (χ1n) is 6.88. The number of benzene rings is 1. The van der Waals surface area contributed by atoms with Crippen LogP contribution in [-0.4, -0.2) is 15.2 Å². The van der Waals surface area contributed by atoms with E-state index in [0.29, 0.717) is 11.7 Å². The maximum Gasteiger partial charge on any atom is 0.165 e. The zero-order chi connectivity index (χ0) is 14.9. The van der Waals surface area contributed by atoms with E-state index in [9.17, 15) is 0 Å². The molecule has 0 fully saturated rings. The Morgan fingerprint density at radius 2 is 1.75 bits per heavy atom. The summed E-state index contributed by atoms with van der Waals surface area (Å²) in [7, 11) is 0. The van der Waals surface area contributed by atoms with Gasteiger partial charge in [-0.25, -0.2) is 4.98 Å². The first-order valence-corrected chi connectivity index (χ1v) is 7.41. The highest BCUT2D eigenvalue weighted by Gasteiger charge is 2.17. The molecule has 0 amide bonds. The molecule has 1 aromatic carbocycles. The van der Waals surface area contributed by atoms with Crippen LogP contribution >= 0.6 is 11.6 Å². The summed E-state index contributed by atoms with van der Waals surface area (Å²) in [5.41, 5.74) is 5.47. The van der Waals surface area contributed by atoms with Crippen LogP contribution in [0.15, 0.2) is 12.1 Å². The average Bonchev–Trinajstić information content (AvgIpc) is 2.80. The van der Waals surface area contributed by atoms with E-state index in [1.807, 2.05) is 0 Å². The molecular formula is C16H22ClN3. The molecule has 3 nitrogen and oxygen atoms in total. The van der Waals surface area contributed by atoms with E-state index >= 15 is 0 Å². The highest BCUT2D eigenvalue weighted by atomic mass is 35.5. The first-order chi connectivity index (χ1) is 9.31. The lowest BCUT2D eigenvalue weighted by atomic mass is 9.83. The molecule has 0 atom stereocenters. The minimum absolute atomic E-state index is 0.173. The van der Waals surface area contributed by atoms with E-state index in [-0.39, 0.29) is 5.41 Å². The van der Waals surface area contributed by atoms with Crippen molar-refractivity contribution < 1.29 is 0 Å². The molecule has 0 saturated heterocycles.